The fourth-order valence-electron chi connectivity index (χ4n) is 3.39. The molecule has 3 rings (SSSR count). The smallest absolute Gasteiger partial charge is 0.226 e. The number of anilines is 2. The number of hydrogen-bond acceptors (Lipinski definition) is 4. The van der Waals surface area contributed by atoms with Crippen molar-refractivity contribution in [2.45, 2.75) is 32.7 Å². The van der Waals surface area contributed by atoms with Gasteiger partial charge in [0.1, 0.15) is 0 Å². The molecule has 1 aliphatic heterocycles. The molecule has 1 saturated heterocycles. The van der Waals surface area contributed by atoms with Crippen LogP contribution in [-0.2, 0) is 11.3 Å². The van der Waals surface area contributed by atoms with Crippen LogP contribution in [-0.4, -0.2) is 39.2 Å². The van der Waals surface area contributed by atoms with Crippen LogP contribution in [0.4, 0.5) is 11.4 Å². The molecule has 0 bridgehead atoms. The number of benzene rings is 2. The van der Waals surface area contributed by atoms with Gasteiger partial charge in [0.05, 0.1) is 20.8 Å². The van der Waals surface area contributed by atoms with Crippen LogP contribution in [0.25, 0.3) is 0 Å². The molecule has 1 fully saturated rings. The molecule has 0 aromatic heterocycles. The molecule has 2 aromatic rings. The van der Waals surface area contributed by atoms with Crippen LogP contribution in [0.3, 0.4) is 0 Å². The average Bonchev–Trinajstić information content (AvgIpc) is 2.78. The lowest BCUT2D eigenvalue weighted by molar-refractivity contribution is -0.119. The van der Waals surface area contributed by atoms with E-state index in [4.69, 9.17) is 9.47 Å². The predicted molar refractivity (Wildman–Crippen MR) is 121 cm³/mol. The highest BCUT2D eigenvalue weighted by Gasteiger charge is 2.19. The third-order valence-electron chi connectivity index (χ3n) is 4.98. The number of nitrogens with zero attached hydrogens (tertiary/aromatic N) is 2. The first-order chi connectivity index (χ1) is 14.6. The van der Waals surface area contributed by atoms with Crippen LogP contribution in [0.5, 0.6) is 11.5 Å². The molecule has 2 N–H and O–H groups in total. The lowest BCUT2D eigenvalue weighted by atomic mass is 10.1. The molecule has 1 amide bonds. The number of nitrogens with one attached hydrogen (secondary N) is 2. The van der Waals surface area contributed by atoms with Gasteiger partial charge in [-0.05, 0) is 49.6 Å². The van der Waals surface area contributed by atoms with E-state index in [9.17, 15) is 4.79 Å². The topological polar surface area (TPSA) is 75.2 Å². The van der Waals surface area contributed by atoms with Gasteiger partial charge in [-0.2, -0.15) is 0 Å². The fraction of sp³-hybridized carbons (Fsp3) is 0.391. The average molecular weight is 411 g/mol. The van der Waals surface area contributed by atoms with Gasteiger partial charge in [-0.1, -0.05) is 12.1 Å². The van der Waals surface area contributed by atoms with Gasteiger partial charge >= 0.3 is 0 Å². The number of amides is 1. The highest BCUT2D eigenvalue weighted by molar-refractivity contribution is 5.94. The molecular formula is C23H30N4O3. The monoisotopic (exact) mass is 410 g/mol. The first-order valence-electron chi connectivity index (χ1n) is 10.3. The van der Waals surface area contributed by atoms with Crippen LogP contribution in [0, 0.1) is 0 Å². The summed E-state index contributed by atoms with van der Waals surface area (Å²) in [6.45, 7) is 4.10. The first-order valence-corrected chi connectivity index (χ1v) is 10.3. The van der Waals surface area contributed by atoms with Gasteiger partial charge < -0.3 is 25.0 Å². The molecule has 0 radical (unpaired) electrons. The second-order valence-electron chi connectivity index (χ2n) is 7.06. The molecule has 160 valence electrons. The molecule has 0 saturated carbocycles. The zero-order valence-electron chi connectivity index (χ0n) is 17.9. The van der Waals surface area contributed by atoms with Crippen molar-refractivity contribution in [3.63, 3.8) is 0 Å². The lowest BCUT2D eigenvalue weighted by Gasteiger charge is -2.26. The fourth-order valence-corrected chi connectivity index (χ4v) is 3.39. The molecule has 7 nitrogen and oxygen atoms in total. The molecule has 1 aliphatic rings. The zero-order chi connectivity index (χ0) is 21.3. The predicted octanol–water partition coefficient (Wildman–Crippen LogP) is 3.80. The second kappa shape index (κ2) is 10.5. The van der Waals surface area contributed by atoms with Crippen molar-refractivity contribution in [1.29, 1.82) is 0 Å². The number of carbonyl (C=O) groups excluding carboxylic acids is 1. The normalized spacial score (nSPS) is 14.4. The van der Waals surface area contributed by atoms with Crippen molar-refractivity contribution in [1.82, 2.24) is 5.32 Å². The number of rotatable bonds is 7. The number of carbonyl (C=O) groups is 1. The van der Waals surface area contributed by atoms with E-state index in [1.807, 2.05) is 54.3 Å². The lowest BCUT2D eigenvalue weighted by Crippen LogP contribution is -2.35. The Hall–Kier alpha value is -3.22. The van der Waals surface area contributed by atoms with Crippen molar-refractivity contribution < 1.29 is 14.3 Å². The maximum absolute atomic E-state index is 12.1. The minimum atomic E-state index is 0.209. The van der Waals surface area contributed by atoms with Gasteiger partial charge in [-0.3, -0.25) is 4.79 Å². The minimum Gasteiger partial charge on any atom is -0.493 e. The van der Waals surface area contributed by atoms with Gasteiger partial charge in [-0.15, -0.1) is 0 Å². The summed E-state index contributed by atoms with van der Waals surface area (Å²) in [7, 11) is 3.23. The van der Waals surface area contributed by atoms with Crippen molar-refractivity contribution >= 4 is 23.2 Å². The van der Waals surface area contributed by atoms with Gasteiger partial charge in [0.25, 0.3) is 0 Å². The number of aliphatic imine (C=N–C) groups is 1. The number of guanidine groups is 1. The van der Waals surface area contributed by atoms with E-state index >= 15 is 0 Å². The molecule has 1 heterocycles. The van der Waals surface area contributed by atoms with Crippen molar-refractivity contribution in [3.8, 4) is 11.5 Å². The Balaban J connectivity index is 1.68. The Bertz CT molecular complexity index is 881. The van der Waals surface area contributed by atoms with Crippen LogP contribution in [0.15, 0.2) is 47.5 Å². The van der Waals surface area contributed by atoms with Crippen LogP contribution >= 0.6 is 0 Å². The Kier molecular flexibility index (Phi) is 7.54. The largest absolute Gasteiger partial charge is 0.493 e. The maximum atomic E-state index is 12.1. The molecule has 2 aromatic carbocycles. The summed E-state index contributed by atoms with van der Waals surface area (Å²) in [4.78, 5) is 18.6. The standard InChI is InChI=1S/C23H30N4O3/c1-4-24-23(26-18-10-13-20(29-2)21(15-18)30-3)25-16-17-8-11-19(12-9-17)27-14-6-5-7-22(27)28/h8-13,15H,4-7,14,16H2,1-3H3,(H2,24,25,26). The van der Waals surface area contributed by atoms with E-state index in [2.05, 4.69) is 15.6 Å². The maximum Gasteiger partial charge on any atom is 0.226 e. The third kappa shape index (κ3) is 5.43. The summed E-state index contributed by atoms with van der Waals surface area (Å²) >= 11 is 0. The van der Waals surface area contributed by atoms with Crippen molar-refractivity contribution in [2.24, 2.45) is 4.99 Å². The number of ether oxygens (including phenoxy) is 2. The molecule has 0 atom stereocenters. The SMILES string of the molecule is CCNC(=NCc1ccc(N2CCCCC2=O)cc1)Nc1ccc(OC)c(OC)c1. The summed E-state index contributed by atoms with van der Waals surface area (Å²) in [5, 5.41) is 6.55. The van der Waals surface area contributed by atoms with E-state index in [-0.39, 0.29) is 5.91 Å². The van der Waals surface area contributed by atoms with E-state index in [1.165, 1.54) is 0 Å². The Morgan fingerprint density at radius 2 is 1.83 bits per heavy atom. The third-order valence-corrected chi connectivity index (χ3v) is 4.98. The molecule has 0 spiro atoms. The summed E-state index contributed by atoms with van der Waals surface area (Å²) in [6.07, 6.45) is 2.69. The van der Waals surface area contributed by atoms with E-state index in [1.54, 1.807) is 14.2 Å². The van der Waals surface area contributed by atoms with Gasteiger partial charge in [-0.25, -0.2) is 4.99 Å². The van der Waals surface area contributed by atoms with Crippen molar-refractivity contribution in [3.05, 3.63) is 48.0 Å². The quantitative estimate of drug-likeness (QED) is 0.536. The number of piperidine rings is 1. The van der Waals surface area contributed by atoms with Gasteiger partial charge in [0, 0.05) is 37.0 Å². The van der Waals surface area contributed by atoms with E-state index in [0.717, 1.165) is 42.9 Å². The Morgan fingerprint density at radius 1 is 1.07 bits per heavy atom. The molecule has 7 heteroatoms. The number of hydrogen-bond donors (Lipinski definition) is 2. The molecule has 0 unspecified atom stereocenters. The summed E-state index contributed by atoms with van der Waals surface area (Å²) in [5.41, 5.74) is 2.89. The summed E-state index contributed by atoms with van der Waals surface area (Å²) in [6, 6.07) is 13.7. The van der Waals surface area contributed by atoms with Crippen LogP contribution in [0.2, 0.25) is 0 Å². The van der Waals surface area contributed by atoms with E-state index < -0.39 is 0 Å². The van der Waals surface area contributed by atoms with Crippen LogP contribution < -0.4 is 25.0 Å². The molecular weight excluding hydrogens is 380 g/mol. The zero-order valence-corrected chi connectivity index (χ0v) is 17.9. The Labute approximate surface area is 178 Å². The van der Waals surface area contributed by atoms with Crippen molar-refractivity contribution in [2.75, 3.05) is 37.5 Å². The second-order valence-corrected chi connectivity index (χ2v) is 7.06. The number of methoxy groups -OCH3 is 2. The Morgan fingerprint density at radius 3 is 2.50 bits per heavy atom. The highest BCUT2D eigenvalue weighted by Crippen LogP contribution is 2.29. The molecule has 0 aliphatic carbocycles. The van der Waals surface area contributed by atoms with Gasteiger partial charge in [0.2, 0.25) is 5.91 Å². The highest BCUT2D eigenvalue weighted by atomic mass is 16.5. The first kappa shape index (κ1) is 21.5. The van der Waals surface area contributed by atoms with E-state index in [0.29, 0.717) is 30.4 Å². The summed E-state index contributed by atoms with van der Waals surface area (Å²) in [5.74, 6) is 2.22. The summed E-state index contributed by atoms with van der Waals surface area (Å²) < 4.78 is 10.6. The minimum absolute atomic E-state index is 0.209. The molecule has 30 heavy (non-hydrogen) atoms. The van der Waals surface area contributed by atoms with Crippen LogP contribution in [0.1, 0.15) is 31.7 Å². The van der Waals surface area contributed by atoms with Gasteiger partial charge in [0.15, 0.2) is 17.5 Å².